The van der Waals surface area contributed by atoms with Crippen molar-refractivity contribution in [3.05, 3.63) is 108 Å². The molecule has 0 radical (unpaired) electrons. The van der Waals surface area contributed by atoms with Gasteiger partial charge in [0.1, 0.15) is 35.4 Å². The number of methoxy groups -OCH3 is 1. The maximum atomic E-state index is 13.0. The molecule has 3 aromatic carbocycles. The SMILES string of the molecule is C=CCOc1ccc(-c2nn(-c3ccccc3)cc2/C=C(/C#N)C(=O)Nc2cccc(OC)c2)c(C)c1. The molecule has 0 aliphatic rings. The highest BCUT2D eigenvalue weighted by molar-refractivity contribution is 6.10. The van der Waals surface area contributed by atoms with Crippen molar-refractivity contribution in [3.8, 4) is 34.5 Å². The van der Waals surface area contributed by atoms with Crippen molar-refractivity contribution in [2.75, 3.05) is 19.0 Å². The van der Waals surface area contributed by atoms with E-state index in [1.165, 1.54) is 0 Å². The first-order valence-electron chi connectivity index (χ1n) is 11.6. The van der Waals surface area contributed by atoms with Gasteiger partial charge < -0.3 is 14.8 Å². The molecule has 0 aliphatic carbocycles. The first-order chi connectivity index (χ1) is 18.0. The highest BCUT2D eigenvalue weighted by atomic mass is 16.5. The number of nitriles is 1. The molecule has 184 valence electrons. The number of hydrogen-bond donors (Lipinski definition) is 1. The number of rotatable bonds is 9. The van der Waals surface area contributed by atoms with E-state index in [2.05, 4.69) is 11.9 Å². The molecule has 37 heavy (non-hydrogen) atoms. The van der Waals surface area contributed by atoms with Gasteiger partial charge in [-0.2, -0.15) is 10.4 Å². The minimum Gasteiger partial charge on any atom is -0.497 e. The van der Waals surface area contributed by atoms with Crippen LogP contribution < -0.4 is 14.8 Å². The number of nitrogens with zero attached hydrogens (tertiary/aromatic N) is 3. The van der Waals surface area contributed by atoms with E-state index in [4.69, 9.17) is 14.6 Å². The molecule has 0 unspecified atom stereocenters. The molecule has 0 atom stereocenters. The molecule has 0 bridgehead atoms. The molecular formula is C30H26N4O3. The van der Waals surface area contributed by atoms with Gasteiger partial charge in [-0.25, -0.2) is 4.68 Å². The lowest BCUT2D eigenvalue weighted by Gasteiger charge is -2.09. The minimum absolute atomic E-state index is 0.0553. The standard InChI is InChI=1S/C30H26N4O3/c1-4-15-37-27-13-14-28(21(2)16-27)29-23(20-34(33-29)25-10-6-5-7-11-25)17-22(19-31)30(35)32-24-9-8-12-26(18-24)36-3/h4-14,16-18,20H,1,15H2,2-3H3,(H,32,35)/b22-17-. The molecule has 0 fully saturated rings. The zero-order valence-corrected chi connectivity index (χ0v) is 20.6. The van der Waals surface area contributed by atoms with Gasteiger partial charge in [0.15, 0.2) is 0 Å². The van der Waals surface area contributed by atoms with Crippen LogP contribution in [0.25, 0.3) is 23.0 Å². The molecule has 0 saturated carbocycles. The monoisotopic (exact) mass is 490 g/mol. The van der Waals surface area contributed by atoms with Crippen LogP contribution in [0.3, 0.4) is 0 Å². The van der Waals surface area contributed by atoms with Gasteiger partial charge in [0, 0.05) is 29.1 Å². The predicted octanol–water partition coefficient (Wildman–Crippen LogP) is 5.97. The van der Waals surface area contributed by atoms with Gasteiger partial charge in [-0.3, -0.25) is 4.79 Å². The number of amides is 1. The zero-order valence-electron chi connectivity index (χ0n) is 20.6. The maximum Gasteiger partial charge on any atom is 0.266 e. The number of aryl methyl sites for hydroxylation is 1. The Hall–Kier alpha value is -5.09. The molecule has 7 nitrogen and oxygen atoms in total. The Morgan fingerprint density at radius 3 is 2.62 bits per heavy atom. The number of aromatic nitrogens is 2. The number of nitrogens with one attached hydrogen (secondary N) is 1. The van der Waals surface area contributed by atoms with Crippen LogP contribution in [0, 0.1) is 18.3 Å². The van der Waals surface area contributed by atoms with Crippen LogP contribution in [0.1, 0.15) is 11.1 Å². The molecule has 1 heterocycles. The van der Waals surface area contributed by atoms with E-state index in [-0.39, 0.29) is 5.57 Å². The summed E-state index contributed by atoms with van der Waals surface area (Å²) in [6.45, 7) is 6.05. The van der Waals surface area contributed by atoms with Crippen molar-refractivity contribution in [3.63, 3.8) is 0 Å². The summed E-state index contributed by atoms with van der Waals surface area (Å²) in [6, 6.07) is 24.3. The molecule has 1 amide bonds. The van der Waals surface area contributed by atoms with E-state index in [9.17, 15) is 10.1 Å². The second-order valence-corrected chi connectivity index (χ2v) is 8.15. The number of benzene rings is 3. The van der Waals surface area contributed by atoms with Gasteiger partial charge >= 0.3 is 0 Å². The van der Waals surface area contributed by atoms with Crippen LogP contribution in [0.5, 0.6) is 11.5 Å². The van der Waals surface area contributed by atoms with Crippen LogP contribution in [-0.4, -0.2) is 29.4 Å². The molecule has 0 saturated heterocycles. The number of para-hydroxylation sites is 1. The summed E-state index contributed by atoms with van der Waals surface area (Å²) >= 11 is 0. The molecule has 1 N–H and O–H groups in total. The third kappa shape index (κ3) is 5.95. The summed E-state index contributed by atoms with van der Waals surface area (Å²) in [5.74, 6) is 0.790. The molecule has 4 rings (SSSR count). The van der Waals surface area contributed by atoms with Gasteiger partial charge in [-0.05, 0) is 61.0 Å². The average molecular weight is 491 g/mol. The van der Waals surface area contributed by atoms with E-state index >= 15 is 0 Å². The Labute approximate surface area is 215 Å². The normalized spacial score (nSPS) is 10.9. The Bertz CT molecular complexity index is 1500. The maximum absolute atomic E-state index is 13.0. The minimum atomic E-state index is -0.529. The highest BCUT2D eigenvalue weighted by Crippen LogP contribution is 2.31. The molecule has 0 spiro atoms. The van der Waals surface area contributed by atoms with Crippen molar-refractivity contribution in [2.24, 2.45) is 0 Å². The predicted molar refractivity (Wildman–Crippen MR) is 145 cm³/mol. The Kier molecular flexibility index (Phi) is 7.82. The number of carbonyl (C=O) groups is 1. The van der Waals surface area contributed by atoms with Gasteiger partial charge in [0.2, 0.25) is 0 Å². The van der Waals surface area contributed by atoms with E-state index in [0.29, 0.717) is 29.3 Å². The fourth-order valence-corrected chi connectivity index (χ4v) is 3.77. The Balaban J connectivity index is 1.75. The molecule has 0 aliphatic heterocycles. The highest BCUT2D eigenvalue weighted by Gasteiger charge is 2.17. The fraction of sp³-hybridized carbons (Fsp3) is 0.100. The first kappa shape index (κ1) is 25.0. The van der Waals surface area contributed by atoms with Crippen molar-refractivity contribution in [2.45, 2.75) is 6.92 Å². The molecule has 7 heteroatoms. The Morgan fingerprint density at radius 2 is 1.92 bits per heavy atom. The molecule has 4 aromatic rings. The van der Waals surface area contributed by atoms with Gasteiger partial charge in [0.05, 0.1) is 12.8 Å². The van der Waals surface area contributed by atoms with E-state index in [0.717, 1.165) is 22.6 Å². The summed E-state index contributed by atoms with van der Waals surface area (Å²) in [4.78, 5) is 13.0. The second kappa shape index (κ2) is 11.6. The van der Waals surface area contributed by atoms with Gasteiger partial charge in [-0.1, -0.05) is 36.9 Å². The number of anilines is 1. The van der Waals surface area contributed by atoms with Crippen molar-refractivity contribution in [1.82, 2.24) is 9.78 Å². The number of ether oxygens (including phenoxy) is 2. The summed E-state index contributed by atoms with van der Waals surface area (Å²) in [7, 11) is 1.55. The quantitative estimate of drug-likeness (QED) is 0.177. The molecule has 1 aromatic heterocycles. The van der Waals surface area contributed by atoms with Gasteiger partial charge in [0.25, 0.3) is 5.91 Å². The van der Waals surface area contributed by atoms with Crippen LogP contribution in [0.4, 0.5) is 5.69 Å². The lowest BCUT2D eigenvalue weighted by Crippen LogP contribution is -2.13. The smallest absolute Gasteiger partial charge is 0.266 e. The topological polar surface area (TPSA) is 89.2 Å². The van der Waals surface area contributed by atoms with Crippen molar-refractivity contribution in [1.29, 1.82) is 5.26 Å². The number of carbonyl (C=O) groups excluding carboxylic acids is 1. The summed E-state index contributed by atoms with van der Waals surface area (Å²) in [6.07, 6.45) is 5.05. The second-order valence-electron chi connectivity index (χ2n) is 8.15. The number of hydrogen-bond acceptors (Lipinski definition) is 5. The fourth-order valence-electron chi connectivity index (χ4n) is 3.77. The van der Waals surface area contributed by atoms with Crippen molar-refractivity contribution < 1.29 is 14.3 Å². The summed E-state index contributed by atoms with van der Waals surface area (Å²) in [5.41, 5.74) is 4.39. The molecular weight excluding hydrogens is 464 g/mol. The van der Waals surface area contributed by atoms with Crippen LogP contribution in [0.15, 0.2) is 97.2 Å². The average Bonchev–Trinajstić information content (AvgIpc) is 3.34. The van der Waals surface area contributed by atoms with Crippen molar-refractivity contribution >= 4 is 17.7 Å². The Morgan fingerprint density at radius 1 is 1.11 bits per heavy atom. The largest absolute Gasteiger partial charge is 0.497 e. The van der Waals surface area contributed by atoms with Crippen LogP contribution in [0.2, 0.25) is 0 Å². The van der Waals surface area contributed by atoms with E-state index in [1.807, 2.05) is 67.7 Å². The summed E-state index contributed by atoms with van der Waals surface area (Å²) < 4.78 is 12.6. The third-order valence-corrected chi connectivity index (χ3v) is 5.58. The lowest BCUT2D eigenvalue weighted by molar-refractivity contribution is -0.112. The third-order valence-electron chi connectivity index (χ3n) is 5.58. The van der Waals surface area contributed by atoms with E-state index < -0.39 is 5.91 Å². The van der Waals surface area contributed by atoms with E-state index in [1.54, 1.807) is 48.2 Å². The zero-order chi connectivity index (χ0) is 26.2. The lowest BCUT2D eigenvalue weighted by atomic mass is 10.0. The van der Waals surface area contributed by atoms with Crippen LogP contribution >= 0.6 is 0 Å². The van der Waals surface area contributed by atoms with Gasteiger partial charge in [-0.15, -0.1) is 0 Å². The summed E-state index contributed by atoms with van der Waals surface area (Å²) in [5, 5.41) is 17.4. The van der Waals surface area contributed by atoms with Crippen LogP contribution in [-0.2, 0) is 4.79 Å². The first-order valence-corrected chi connectivity index (χ1v) is 11.6.